The van der Waals surface area contributed by atoms with Crippen LogP contribution >= 0.6 is 0 Å². The average Bonchev–Trinajstić information content (AvgIpc) is 0.746. The van der Waals surface area contributed by atoms with Crippen LogP contribution in [0.15, 0.2) is 0 Å². The van der Waals surface area contributed by atoms with Crippen LogP contribution in [0.2, 0.25) is 0 Å². The minimum atomic E-state index is -8.85. The van der Waals surface area contributed by atoms with E-state index in [4.69, 9.17) is 0 Å². The summed E-state index contributed by atoms with van der Waals surface area (Å²) in [4.78, 5) is 23.5. The number of carbonyl (C=O) groups excluding carboxylic acids is 2. The Morgan fingerprint density at radius 1 is 0.240 bits per heavy atom. The highest BCUT2D eigenvalue weighted by Gasteiger charge is 2.83. The van der Waals surface area contributed by atoms with Crippen molar-refractivity contribution in [3.63, 3.8) is 0 Å². The third kappa shape index (κ3) is 34.4. The van der Waals surface area contributed by atoms with E-state index in [1.54, 1.807) is 9.47 Å². The SMILES string of the molecule is CCCCCCCCCCCCCCCCNC(=O)C(F)(F)OC(F)(F)C(F)(F)OC(F)(F)C(F)OC(F)(F)C(F)(F)OC(F)(F)C(F)(F)OC(F)(F)C(F)(F)OC(F)(F)C(F)(F)OC(F)(F)C(F)(F)OC(F)(F)C(F)(F)OC(F)(F)C(F)(F)OC(F)(F)[C@@H](F)OC(F)(F)C(F)(F)OC(F)(F)C(=O)N(C)CCCCCCCCCCCCCCCC. The first kappa shape index (κ1) is 116. The fraction of sp³-hybridized carbons (Fsp3) is 0.966. The third-order valence-corrected chi connectivity index (χ3v) is 15.2. The summed E-state index contributed by atoms with van der Waals surface area (Å²) >= 11 is 0. The smallest absolute Gasteiger partial charge is 0.349 e. The first-order valence-electron chi connectivity index (χ1n) is 34.5. The first-order valence-corrected chi connectivity index (χ1v) is 34.5. The maximum atomic E-state index is 14.3. The monoisotopic (exact) mass is 1910 g/mol. The molecule has 0 aromatic carbocycles. The predicted molar refractivity (Wildman–Crippen MR) is 303 cm³/mol. The number of ether oxygens (including phenoxy) is 12. The minimum absolute atomic E-state index is 0.102. The fourth-order valence-corrected chi connectivity index (χ4v) is 8.79. The van der Waals surface area contributed by atoms with E-state index in [0.29, 0.717) is 45.6 Å². The number of alkyl halides is 46. The summed E-state index contributed by atoms with van der Waals surface area (Å²) < 4.78 is 664. The molecule has 16 nitrogen and oxygen atoms in total. The second-order valence-electron chi connectivity index (χ2n) is 25.5. The molecule has 0 fully saturated rings. The number of amides is 2. The van der Waals surface area contributed by atoms with Crippen molar-refractivity contribution < 1.29 is 268 Å². The number of nitrogens with zero attached hydrogens (tertiary/aromatic N) is 1. The molecule has 0 aromatic heterocycles. The largest absolute Gasteiger partial charge is 0.453 e. The third-order valence-electron chi connectivity index (χ3n) is 15.2. The van der Waals surface area contributed by atoms with Gasteiger partial charge in [-0.3, -0.25) is 19.1 Å². The van der Waals surface area contributed by atoms with Gasteiger partial charge in [0.2, 0.25) is 0 Å². The molecule has 2 amide bonds. The summed E-state index contributed by atoms with van der Waals surface area (Å²) in [6, 6.07) is 0. The molecule has 0 bridgehead atoms. The normalized spacial score (nSPS) is 15.5. The maximum absolute atomic E-state index is 14.3. The van der Waals surface area contributed by atoms with Gasteiger partial charge in [-0.05, 0) is 12.8 Å². The minimum Gasteiger partial charge on any atom is -0.349 e. The topological polar surface area (TPSA) is 160 Å². The van der Waals surface area contributed by atoms with Crippen LogP contribution < -0.4 is 5.32 Å². The van der Waals surface area contributed by atoms with Crippen molar-refractivity contribution in [3.05, 3.63) is 0 Å². The molecule has 0 aromatic rings. The van der Waals surface area contributed by atoms with E-state index in [0.717, 1.165) is 149 Å². The number of halogens is 46. The molecular formula is C59H72F46N2O14. The molecule has 0 saturated heterocycles. The van der Waals surface area contributed by atoms with Gasteiger partial charge >= 0.3 is 146 Å². The Balaban J connectivity index is 6.16. The lowest BCUT2D eigenvalue weighted by atomic mass is 10.0. The number of carbonyl (C=O) groups is 2. The van der Waals surface area contributed by atoms with Gasteiger partial charge in [-0.15, -0.1) is 0 Å². The maximum Gasteiger partial charge on any atom is 0.453 e. The molecule has 62 heteroatoms. The molecule has 0 spiro atoms. The fourth-order valence-electron chi connectivity index (χ4n) is 8.79. The van der Waals surface area contributed by atoms with E-state index in [2.05, 4.69) is 9.47 Å². The highest BCUT2D eigenvalue weighted by molar-refractivity contribution is 5.82. The summed E-state index contributed by atoms with van der Waals surface area (Å²) in [6.45, 7) is 2.31. The highest BCUT2D eigenvalue weighted by Crippen LogP contribution is 2.57. The second-order valence-corrected chi connectivity index (χ2v) is 25.5. The van der Waals surface area contributed by atoms with Crippen molar-refractivity contribution >= 4 is 11.8 Å². The Hall–Kier alpha value is -4.76. The van der Waals surface area contributed by atoms with Gasteiger partial charge in [0.05, 0.1) is 0 Å². The molecule has 0 heterocycles. The number of hydrogen-bond acceptors (Lipinski definition) is 14. The number of hydrogen-bond donors (Lipinski definition) is 1. The van der Waals surface area contributed by atoms with Crippen molar-refractivity contribution in [3.8, 4) is 0 Å². The molecule has 0 aliphatic rings. The van der Waals surface area contributed by atoms with Gasteiger partial charge in [-0.1, -0.05) is 181 Å². The van der Waals surface area contributed by atoms with Crippen LogP contribution in [0.25, 0.3) is 0 Å². The van der Waals surface area contributed by atoms with E-state index in [9.17, 15) is 212 Å². The first-order chi connectivity index (χ1) is 54.0. The number of unbranched alkanes of at least 4 members (excludes halogenated alkanes) is 26. The standard InChI is InChI=1S/C59H72F46N2O14/c1-4-6-8-10-12-14-16-18-20-22-24-26-28-30-32-106-36(108)40(66,67)114-47(80,81)46(78,79)112-38(62,63)35(61)111-43(72,73)45(76,77)116-50(86,87)51(88,89)118-54(94,95)55(96,97)120-58(102,103)59(104,105)121-57(100,101)56(98,99)119-53(92,93)52(90,91)117-49(84,85)48(82,83)113-39(64,65)34(60)110-42(70,71)44(74,75)115-41(68,69)37(109)107(3)33-31-29-27-25-23-21-19-17-15-13-11-9-7-5-2/h34-35H,4-33H2,1-3H3,(H,106,108)/t34-,35?/m0/s1. The summed E-state index contributed by atoms with van der Waals surface area (Å²) in [5, 5.41) is 1.12. The van der Waals surface area contributed by atoms with E-state index < -0.39 is 172 Å². The number of nitrogens with one attached hydrogen (secondary N) is 1. The van der Waals surface area contributed by atoms with Crippen LogP contribution in [0.3, 0.4) is 0 Å². The Labute approximate surface area is 651 Å². The summed E-state index contributed by atoms with van der Waals surface area (Å²) in [5.41, 5.74) is 0. The Bertz CT molecular complexity index is 3070. The molecule has 0 rings (SSSR count). The van der Waals surface area contributed by atoms with Crippen LogP contribution in [0.4, 0.5) is 202 Å². The van der Waals surface area contributed by atoms with Gasteiger partial charge in [0, 0.05) is 20.1 Å². The van der Waals surface area contributed by atoms with Crippen LogP contribution in [-0.2, 0) is 66.4 Å². The molecule has 724 valence electrons. The summed E-state index contributed by atoms with van der Waals surface area (Å²) in [5.74, 6) is -6.12. The van der Waals surface area contributed by atoms with Crippen molar-refractivity contribution in [2.75, 3.05) is 20.1 Å². The highest BCUT2D eigenvalue weighted by atomic mass is 19.4. The average molecular weight is 1910 g/mol. The molecular weight excluding hydrogens is 1830 g/mol. The molecule has 1 unspecified atom stereocenters. The second kappa shape index (κ2) is 43.8. The van der Waals surface area contributed by atoms with Crippen molar-refractivity contribution in [2.45, 2.75) is 341 Å². The van der Waals surface area contributed by atoms with Gasteiger partial charge in [-0.25, -0.2) is 56.1 Å². The summed E-state index contributed by atoms with van der Waals surface area (Å²) in [7, 11) is 0.369. The number of rotatable bonds is 67. The molecule has 2 atom stereocenters. The lowest BCUT2D eigenvalue weighted by molar-refractivity contribution is -0.600. The molecule has 0 aliphatic carbocycles. The van der Waals surface area contributed by atoms with Crippen LogP contribution in [0, 0.1) is 0 Å². The Kier molecular flexibility index (Phi) is 42.1. The van der Waals surface area contributed by atoms with Crippen molar-refractivity contribution in [2.24, 2.45) is 0 Å². The van der Waals surface area contributed by atoms with E-state index in [-0.39, 0.29) is 30.6 Å². The zero-order valence-corrected chi connectivity index (χ0v) is 61.4. The molecule has 121 heavy (non-hydrogen) atoms. The lowest BCUT2D eigenvalue weighted by Crippen LogP contribution is -2.63. The molecule has 1 N–H and O–H groups in total. The Morgan fingerprint density at radius 3 is 0.645 bits per heavy atom. The quantitative estimate of drug-likeness (QED) is 0.0452. The molecule has 0 saturated carbocycles. The van der Waals surface area contributed by atoms with Crippen molar-refractivity contribution in [1.82, 2.24) is 10.2 Å². The zero-order chi connectivity index (χ0) is 95.3. The van der Waals surface area contributed by atoms with E-state index in [1.807, 2.05) is 18.6 Å². The van der Waals surface area contributed by atoms with Crippen LogP contribution in [-0.4, -0.2) is 184 Å². The van der Waals surface area contributed by atoms with Gasteiger partial charge < -0.3 is 10.2 Å². The van der Waals surface area contributed by atoms with Gasteiger partial charge in [0.15, 0.2) is 0 Å². The van der Waals surface area contributed by atoms with Gasteiger partial charge in [0.25, 0.3) is 12.7 Å². The van der Waals surface area contributed by atoms with E-state index >= 15 is 0 Å². The lowest BCUT2D eigenvalue weighted by Gasteiger charge is -2.37. The zero-order valence-electron chi connectivity index (χ0n) is 61.4. The number of likely N-dealkylation sites (N-methyl/N-ethyl adjacent to an activating group) is 1. The predicted octanol–water partition coefficient (Wildman–Crippen LogP) is 24.4. The van der Waals surface area contributed by atoms with Gasteiger partial charge in [-0.2, -0.15) is 193 Å². The van der Waals surface area contributed by atoms with Crippen molar-refractivity contribution in [1.29, 1.82) is 0 Å². The molecule has 0 aliphatic heterocycles. The van der Waals surface area contributed by atoms with Crippen LogP contribution in [0.1, 0.15) is 194 Å². The Morgan fingerprint density at radius 2 is 0.413 bits per heavy atom. The van der Waals surface area contributed by atoms with Crippen LogP contribution in [0.5, 0.6) is 0 Å². The van der Waals surface area contributed by atoms with E-state index in [1.165, 1.54) is 4.74 Å². The molecule has 0 radical (unpaired) electrons. The summed E-state index contributed by atoms with van der Waals surface area (Å²) in [6.07, 6.45) is -172. The van der Waals surface area contributed by atoms with Gasteiger partial charge in [0.1, 0.15) is 0 Å².